The number of rotatable bonds is 5. The van der Waals surface area contributed by atoms with Gasteiger partial charge in [0, 0.05) is 11.7 Å². The molecule has 0 saturated heterocycles. The molecule has 0 atom stereocenters. The van der Waals surface area contributed by atoms with Gasteiger partial charge in [-0.2, -0.15) is 5.10 Å². The molecule has 1 aromatic carbocycles. The van der Waals surface area contributed by atoms with E-state index >= 15 is 0 Å². The molecule has 2 aliphatic rings. The summed E-state index contributed by atoms with van der Waals surface area (Å²) in [6.07, 6.45) is 3.39. The van der Waals surface area contributed by atoms with Gasteiger partial charge in [0.1, 0.15) is 12.2 Å². The minimum Gasteiger partial charge on any atom is -0.324 e. The van der Waals surface area contributed by atoms with Crippen molar-refractivity contribution in [3.05, 3.63) is 46.4 Å². The predicted octanol–water partition coefficient (Wildman–Crippen LogP) is 2.61. The molecule has 0 spiro atoms. The number of nitrogens with zero attached hydrogens (tertiary/aromatic N) is 3. The number of nitrogens with one attached hydrogen (secondary N) is 1. The number of amides is 2. The van der Waals surface area contributed by atoms with Gasteiger partial charge in [-0.15, -0.1) is 11.8 Å². The number of fused-ring (bicyclic) bond motifs is 1. The second kappa shape index (κ2) is 7.43. The fraction of sp³-hybridized carbons (Fsp3) is 0.400. The van der Waals surface area contributed by atoms with E-state index in [1.165, 1.54) is 11.8 Å². The number of hydrogen-bond acceptors (Lipinski definition) is 5. The summed E-state index contributed by atoms with van der Waals surface area (Å²) in [5, 5.41) is 6.97. The Bertz CT molecular complexity index is 997. The second-order valence-electron chi connectivity index (χ2n) is 7.43. The van der Waals surface area contributed by atoms with Crippen LogP contribution >= 0.6 is 11.8 Å². The molecule has 0 radical (unpaired) electrons. The molecular formula is C20H22N4O3S. The van der Waals surface area contributed by atoms with Crippen LogP contribution in [0.15, 0.2) is 40.2 Å². The van der Waals surface area contributed by atoms with E-state index in [1.54, 1.807) is 11.1 Å². The largest absolute Gasteiger partial charge is 0.324 e. The monoisotopic (exact) mass is 398 g/mol. The highest BCUT2D eigenvalue weighted by atomic mass is 32.2. The third-order valence-corrected chi connectivity index (χ3v) is 5.89. The van der Waals surface area contributed by atoms with E-state index in [9.17, 15) is 14.4 Å². The van der Waals surface area contributed by atoms with E-state index in [2.05, 4.69) is 24.3 Å². The van der Waals surface area contributed by atoms with Crippen LogP contribution in [0.25, 0.3) is 0 Å². The molecule has 1 N–H and O–H groups in total. The van der Waals surface area contributed by atoms with Gasteiger partial charge in [-0.3, -0.25) is 14.4 Å². The molecule has 1 saturated carbocycles. The Balaban J connectivity index is 1.56. The number of benzene rings is 1. The average Bonchev–Trinajstić information content (AvgIpc) is 3.49. The van der Waals surface area contributed by atoms with Crippen LogP contribution in [0.5, 0.6) is 0 Å². The van der Waals surface area contributed by atoms with Gasteiger partial charge in [0.15, 0.2) is 0 Å². The highest BCUT2D eigenvalue weighted by Crippen LogP contribution is 2.38. The predicted molar refractivity (Wildman–Crippen MR) is 109 cm³/mol. The molecule has 2 amide bonds. The van der Waals surface area contributed by atoms with Crippen LogP contribution in [0.3, 0.4) is 0 Å². The minimum absolute atomic E-state index is 0.0511. The zero-order chi connectivity index (χ0) is 19.8. The first kappa shape index (κ1) is 18.7. The number of thioether (sulfide) groups is 1. The van der Waals surface area contributed by atoms with Gasteiger partial charge in [0.2, 0.25) is 11.8 Å². The van der Waals surface area contributed by atoms with Gasteiger partial charge < -0.3 is 10.2 Å². The van der Waals surface area contributed by atoms with Crippen molar-refractivity contribution in [3.63, 3.8) is 0 Å². The highest BCUT2D eigenvalue weighted by Gasteiger charge is 2.39. The summed E-state index contributed by atoms with van der Waals surface area (Å²) in [7, 11) is 0. The molecule has 146 valence electrons. The fourth-order valence-electron chi connectivity index (χ4n) is 3.27. The van der Waals surface area contributed by atoms with Crippen LogP contribution in [0, 0.1) is 0 Å². The van der Waals surface area contributed by atoms with Crippen molar-refractivity contribution < 1.29 is 9.59 Å². The summed E-state index contributed by atoms with van der Waals surface area (Å²) in [6.45, 7) is 3.97. The Morgan fingerprint density at radius 1 is 1.32 bits per heavy atom. The lowest BCUT2D eigenvalue weighted by Crippen LogP contribution is -2.43. The number of hydrogen-bond donors (Lipinski definition) is 1. The number of aromatic nitrogens is 2. The molecule has 2 aromatic rings. The summed E-state index contributed by atoms with van der Waals surface area (Å²) in [4.78, 5) is 40.0. The van der Waals surface area contributed by atoms with Gasteiger partial charge in [-0.05, 0) is 36.5 Å². The van der Waals surface area contributed by atoms with E-state index < -0.39 is 5.56 Å². The normalized spacial score (nSPS) is 16.2. The molecule has 28 heavy (non-hydrogen) atoms. The maximum Gasteiger partial charge on any atom is 0.292 e. The summed E-state index contributed by atoms with van der Waals surface area (Å²) in [5.74, 6) is 0.291. The van der Waals surface area contributed by atoms with E-state index in [-0.39, 0.29) is 24.4 Å². The molecule has 7 nitrogen and oxygen atoms in total. The van der Waals surface area contributed by atoms with Crippen molar-refractivity contribution in [1.29, 1.82) is 0 Å². The van der Waals surface area contributed by atoms with Crippen LogP contribution in [0.1, 0.15) is 38.2 Å². The van der Waals surface area contributed by atoms with Crippen LogP contribution < -0.4 is 15.8 Å². The van der Waals surface area contributed by atoms with E-state index in [4.69, 9.17) is 0 Å². The molecule has 1 aliphatic carbocycles. The van der Waals surface area contributed by atoms with Gasteiger partial charge in [0.05, 0.1) is 16.8 Å². The van der Waals surface area contributed by atoms with Gasteiger partial charge in [-0.1, -0.05) is 26.0 Å². The summed E-state index contributed by atoms with van der Waals surface area (Å²) >= 11 is 1.33. The second-order valence-corrected chi connectivity index (χ2v) is 8.45. The fourth-order valence-corrected chi connectivity index (χ4v) is 4.13. The average molecular weight is 398 g/mol. The first-order chi connectivity index (χ1) is 13.4. The van der Waals surface area contributed by atoms with Crippen LogP contribution in [-0.4, -0.2) is 33.4 Å². The summed E-state index contributed by atoms with van der Waals surface area (Å²) in [5.41, 5.74) is 1.79. The molecule has 2 heterocycles. The topological polar surface area (TPSA) is 84.3 Å². The highest BCUT2D eigenvalue weighted by molar-refractivity contribution is 8.00. The van der Waals surface area contributed by atoms with E-state index in [0.717, 1.165) is 23.1 Å². The van der Waals surface area contributed by atoms with Crippen molar-refractivity contribution in [2.45, 2.75) is 50.1 Å². The Hall–Kier alpha value is -2.61. The maximum atomic E-state index is 12.9. The molecule has 1 aliphatic heterocycles. The Morgan fingerprint density at radius 3 is 2.82 bits per heavy atom. The standard InChI is InChI=1S/C20H22N4O3S/c1-12(2)13-4-3-5-14(8-13)22-17(25)10-23-20(27)19-16(9-21-23)28-11-18(26)24(19)15-6-7-15/h3-5,8-9,12,15H,6-7,10-11H2,1-2H3,(H,22,25). The van der Waals surface area contributed by atoms with Gasteiger partial charge in [-0.25, -0.2) is 4.68 Å². The molecule has 1 aromatic heterocycles. The van der Waals surface area contributed by atoms with E-state index in [1.807, 2.05) is 24.3 Å². The molecule has 4 rings (SSSR count). The zero-order valence-corrected chi connectivity index (χ0v) is 16.7. The third kappa shape index (κ3) is 3.69. The molecule has 8 heteroatoms. The maximum absolute atomic E-state index is 12.9. The lowest BCUT2D eigenvalue weighted by molar-refractivity contribution is -0.117. The third-order valence-electron chi connectivity index (χ3n) is 4.89. The number of carbonyl (C=O) groups is 2. The van der Waals surface area contributed by atoms with Crippen molar-refractivity contribution in [2.75, 3.05) is 16.0 Å². The van der Waals surface area contributed by atoms with Crippen molar-refractivity contribution in [3.8, 4) is 0 Å². The first-order valence-corrected chi connectivity index (χ1v) is 10.4. The number of carbonyl (C=O) groups excluding carboxylic acids is 2. The van der Waals surface area contributed by atoms with E-state index in [0.29, 0.717) is 27.9 Å². The summed E-state index contributed by atoms with van der Waals surface area (Å²) in [6, 6.07) is 7.75. The van der Waals surface area contributed by atoms with Crippen LogP contribution in [-0.2, 0) is 16.1 Å². The Morgan fingerprint density at radius 2 is 2.11 bits per heavy atom. The van der Waals surface area contributed by atoms with Gasteiger partial charge in [0.25, 0.3) is 5.56 Å². The van der Waals surface area contributed by atoms with Crippen molar-refractivity contribution in [2.24, 2.45) is 0 Å². The Kier molecular flexibility index (Phi) is 4.97. The first-order valence-electron chi connectivity index (χ1n) is 9.39. The number of anilines is 2. The SMILES string of the molecule is CC(C)c1cccc(NC(=O)Cn2ncc3c(c2=O)N(C2CC2)C(=O)CS3)c1. The minimum atomic E-state index is -0.393. The van der Waals surface area contributed by atoms with Gasteiger partial charge >= 0.3 is 0 Å². The molecule has 0 bridgehead atoms. The quantitative estimate of drug-likeness (QED) is 0.837. The lowest BCUT2D eigenvalue weighted by atomic mass is 10.0. The van der Waals surface area contributed by atoms with Crippen LogP contribution in [0.4, 0.5) is 11.4 Å². The summed E-state index contributed by atoms with van der Waals surface area (Å²) < 4.78 is 1.13. The smallest absolute Gasteiger partial charge is 0.292 e. The van der Waals surface area contributed by atoms with Crippen LogP contribution in [0.2, 0.25) is 0 Å². The van der Waals surface area contributed by atoms with Crippen molar-refractivity contribution >= 4 is 35.0 Å². The lowest BCUT2D eigenvalue weighted by Gasteiger charge is -2.28. The zero-order valence-electron chi connectivity index (χ0n) is 15.8. The molecule has 0 unspecified atom stereocenters. The molecule has 1 fully saturated rings. The molecular weight excluding hydrogens is 376 g/mol. The Labute approximate surface area is 167 Å². The van der Waals surface area contributed by atoms with Crippen molar-refractivity contribution in [1.82, 2.24) is 9.78 Å².